The van der Waals surface area contributed by atoms with Crippen LogP contribution in [0.2, 0.25) is 5.02 Å². The molecule has 0 bridgehead atoms. The fourth-order valence-electron chi connectivity index (χ4n) is 3.02. The molecule has 4 nitrogen and oxygen atoms in total. The number of piperidine rings is 1. The number of para-hydroxylation sites is 1. The fourth-order valence-corrected chi connectivity index (χ4v) is 3.21. The molecular weight excluding hydrogens is 338 g/mol. The zero-order chi connectivity index (χ0) is 17.6. The molecule has 5 heteroatoms. The third kappa shape index (κ3) is 4.40. The molecule has 1 fully saturated rings. The predicted molar refractivity (Wildman–Crippen MR) is 97.0 cm³/mol. The van der Waals surface area contributed by atoms with Crippen molar-refractivity contribution >= 4 is 23.3 Å². The van der Waals surface area contributed by atoms with Gasteiger partial charge in [-0.25, -0.2) is 0 Å². The third-order valence-corrected chi connectivity index (χ3v) is 4.78. The van der Waals surface area contributed by atoms with E-state index in [1.165, 1.54) is 0 Å². The van der Waals surface area contributed by atoms with Gasteiger partial charge in [0, 0.05) is 24.6 Å². The Labute approximate surface area is 152 Å². The van der Waals surface area contributed by atoms with Gasteiger partial charge >= 0.3 is 0 Å². The van der Waals surface area contributed by atoms with E-state index in [1.54, 1.807) is 17.0 Å². The average Bonchev–Trinajstić information content (AvgIpc) is 2.67. The van der Waals surface area contributed by atoms with Crippen LogP contribution in [0.4, 0.5) is 0 Å². The number of hydrogen-bond donors (Lipinski definition) is 0. The summed E-state index contributed by atoms with van der Waals surface area (Å²) in [4.78, 5) is 26.5. The molecule has 0 unspecified atom stereocenters. The highest BCUT2D eigenvalue weighted by Gasteiger charge is 2.28. The van der Waals surface area contributed by atoms with E-state index in [4.69, 9.17) is 16.3 Å². The maximum absolute atomic E-state index is 12.5. The van der Waals surface area contributed by atoms with Crippen LogP contribution in [0.3, 0.4) is 0 Å². The van der Waals surface area contributed by atoms with Gasteiger partial charge in [-0.1, -0.05) is 54.1 Å². The van der Waals surface area contributed by atoms with Gasteiger partial charge in [0.05, 0.1) is 5.02 Å². The molecule has 2 aromatic rings. The van der Waals surface area contributed by atoms with E-state index in [0.29, 0.717) is 36.7 Å². The van der Waals surface area contributed by atoms with Gasteiger partial charge < -0.3 is 9.64 Å². The smallest absolute Gasteiger partial charge is 0.260 e. The molecule has 0 saturated carbocycles. The van der Waals surface area contributed by atoms with Crippen molar-refractivity contribution in [2.75, 3.05) is 19.7 Å². The Kier molecular flexibility index (Phi) is 5.71. The van der Waals surface area contributed by atoms with Gasteiger partial charge in [0.15, 0.2) is 12.4 Å². The van der Waals surface area contributed by atoms with E-state index in [1.807, 2.05) is 42.5 Å². The van der Waals surface area contributed by atoms with E-state index in [2.05, 4.69) is 0 Å². The number of Topliss-reactive ketones (excluding diaryl/α,β-unsaturated/α-hetero) is 1. The number of benzene rings is 2. The molecule has 3 rings (SSSR count). The van der Waals surface area contributed by atoms with Crippen LogP contribution in [0.1, 0.15) is 23.2 Å². The van der Waals surface area contributed by atoms with Crippen molar-refractivity contribution < 1.29 is 14.3 Å². The van der Waals surface area contributed by atoms with Crippen LogP contribution in [0.15, 0.2) is 54.6 Å². The monoisotopic (exact) mass is 357 g/mol. The van der Waals surface area contributed by atoms with Crippen LogP contribution in [0, 0.1) is 5.92 Å². The molecule has 25 heavy (non-hydrogen) atoms. The second-order valence-corrected chi connectivity index (χ2v) is 6.51. The number of carbonyl (C=O) groups excluding carboxylic acids is 2. The first-order chi connectivity index (χ1) is 12.1. The summed E-state index contributed by atoms with van der Waals surface area (Å²) in [6.07, 6.45) is 1.37. The van der Waals surface area contributed by atoms with Crippen molar-refractivity contribution in [1.82, 2.24) is 4.90 Å². The molecule has 0 atom stereocenters. The minimum absolute atomic E-state index is 0.0177. The van der Waals surface area contributed by atoms with Crippen molar-refractivity contribution in [2.45, 2.75) is 12.8 Å². The molecule has 2 aromatic carbocycles. The van der Waals surface area contributed by atoms with E-state index >= 15 is 0 Å². The minimum atomic E-state index is -0.0782. The molecule has 1 aliphatic heterocycles. The Balaban J connectivity index is 1.49. The van der Waals surface area contributed by atoms with Crippen LogP contribution >= 0.6 is 11.6 Å². The number of rotatable bonds is 5. The lowest BCUT2D eigenvalue weighted by Crippen LogP contribution is -2.42. The number of hydrogen-bond acceptors (Lipinski definition) is 3. The Hall–Kier alpha value is -2.33. The van der Waals surface area contributed by atoms with Gasteiger partial charge in [0.1, 0.15) is 5.75 Å². The van der Waals surface area contributed by atoms with Crippen molar-refractivity contribution in [1.29, 1.82) is 0 Å². The predicted octanol–water partition coefficient (Wildman–Crippen LogP) is 3.84. The first-order valence-electron chi connectivity index (χ1n) is 8.39. The molecule has 0 N–H and O–H groups in total. The van der Waals surface area contributed by atoms with Crippen molar-refractivity contribution in [3.63, 3.8) is 0 Å². The van der Waals surface area contributed by atoms with Gasteiger partial charge in [0.25, 0.3) is 5.91 Å². The molecule has 0 aliphatic carbocycles. The number of halogens is 1. The largest absolute Gasteiger partial charge is 0.482 e. The van der Waals surface area contributed by atoms with E-state index in [-0.39, 0.29) is 24.2 Å². The summed E-state index contributed by atoms with van der Waals surface area (Å²) in [7, 11) is 0. The fraction of sp³-hybridized carbons (Fsp3) is 0.300. The summed E-state index contributed by atoms with van der Waals surface area (Å²) in [5, 5.41) is 0.488. The Morgan fingerprint density at radius 3 is 2.32 bits per heavy atom. The lowest BCUT2D eigenvalue weighted by atomic mass is 9.89. The average molecular weight is 358 g/mol. The standard InChI is InChI=1S/C20H20ClNO3/c21-17-8-4-5-9-18(17)25-14-19(23)22-12-10-16(11-13-22)20(24)15-6-2-1-3-7-15/h1-9,16H,10-14H2. The Morgan fingerprint density at radius 2 is 1.64 bits per heavy atom. The second kappa shape index (κ2) is 8.17. The molecule has 130 valence electrons. The van der Waals surface area contributed by atoms with Crippen LogP contribution < -0.4 is 4.74 Å². The number of likely N-dealkylation sites (tertiary alicyclic amines) is 1. The molecule has 1 aliphatic rings. The topological polar surface area (TPSA) is 46.6 Å². The molecule has 0 spiro atoms. The highest BCUT2D eigenvalue weighted by atomic mass is 35.5. The highest BCUT2D eigenvalue weighted by molar-refractivity contribution is 6.32. The maximum Gasteiger partial charge on any atom is 0.260 e. The molecule has 1 saturated heterocycles. The molecule has 1 heterocycles. The first-order valence-corrected chi connectivity index (χ1v) is 8.77. The summed E-state index contributed by atoms with van der Waals surface area (Å²) in [5.74, 6) is 0.577. The summed E-state index contributed by atoms with van der Waals surface area (Å²) in [5.41, 5.74) is 0.745. The van der Waals surface area contributed by atoms with Crippen LogP contribution in [-0.4, -0.2) is 36.3 Å². The zero-order valence-electron chi connectivity index (χ0n) is 13.9. The SMILES string of the molecule is O=C(c1ccccc1)C1CCN(C(=O)COc2ccccc2Cl)CC1. The molecule has 0 radical (unpaired) electrons. The minimum Gasteiger partial charge on any atom is -0.482 e. The molecular formula is C20H20ClNO3. The van der Waals surface area contributed by atoms with Gasteiger partial charge in [-0.2, -0.15) is 0 Å². The lowest BCUT2D eigenvalue weighted by molar-refractivity contribution is -0.134. The Bertz CT molecular complexity index is 740. The van der Waals surface area contributed by atoms with Gasteiger partial charge in [0.2, 0.25) is 0 Å². The van der Waals surface area contributed by atoms with E-state index < -0.39 is 0 Å². The number of nitrogens with zero attached hydrogens (tertiary/aromatic N) is 1. The van der Waals surface area contributed by atoms with Gasteiger partial charge in [-0.15, -0.1) is 0 Å². The first kappa shape index (κ1) is 17.5. The van der Waals surface area contributed by atoms with Crippen molar-refractivity contribution in [3.05, 3.63) is 65.2 Å². The highest BCUT2D eigenvalue weighted by Crippen LogP contribution is 2.24. The maximum atomic E-state index is 12.5. The quantitative estimate of drug-likeness (QED) is 0.764. The van der Waals surface area contributed by atoms with Crippen molar-refractivity contribution in [3.8, 4) is 5.75 Å². The van der Waals surface area contributed by atoms with Crippen molar-refractivity contribution in [2.24, 2.45) is 5.92 Å². The van der Waals surface area contributed by atoms with Crippen LogP contribution in [0.25, 0.3) is 0 Å². The summed E-state index contributed by atoms with van der Waals surface area (Å²) < 4.78 is 5.51. The van der Waals surface area contributed by atoms with E-state index in [9.17, 15) is 9.59 Å². The summed E-state index contributed by atoms with van der Waals surface area (Å²) in [6.45, 7) is 1.11. The molecule has 0 aromatic heterocycles. The Morgan fingerprint density at radius 1 is 1.00 bits per heavy atom. The van der Waals surface area contributed by atoms with E-state index in [0.717, 1.165) is 5.56 Å². The zero-order valence-corrected chi connectivity index (χ0v) is 14.6. The third-order valence-electron chi connectivity index (χ3n) is 4.46. The number of ketones is 1. The number of amides is 1. The summed E-state index contributed by atoms with van der Waals surface area (Å²) in [6, 6.07) is 16.4. The number of ether oxygens (including phenoxy) is 1. The van der Waals surface area contributed by atoms with Crippen LogP contribution in [-0.2, 0) is 4.79 Å². The normalized spacial score (nSPS) is 15.0. The molecule has 1 amide bonds. The van der Waals surface area contributed by atoms with Gasteiger partial charge in [-0.05, 0) is 25.0 Å². The summed E-state index contributed by atoms with van der Waals surface area (Å²) >= 11 is 6.02. The van der Waals surface area contributed by atoms with Crippen LogP contribution in [0.5, 0.6) is 5.75 Å². The van der Waals surface area contributed by atoms with Gasteiger partial charge in [-0.3, -0.25) is 9.59 Å². The second-order valence-electron chi connectivity index (χ2n) is 6.10. The lowest BCUT2D eigenvalue weighted by Gasteiger charge is -2.31. The number of carbonyl (C=O) groups is 2.